The maximum absolute atomic E-state index is 13.0. The summed E-state index contributed by atoms with van der Waals surface area (Å²) in [5, 5.41) is 5.24. The Morgan fingerprint density at radius 2 is 1.74 bits per heavy atom. The Bertz CT molecular complexity index is 1090. The van der Waals surface area contributed by atoms with Crippen LogP contribution < -0.4 is 5.32 Å². The first-order valence-corrected chi connectivity index (χ1v) is 10.6. The maximum Gasteiger partial charge on any atom is 0.265 e. The average Bonchev–Trinajstić information content (AvgIpc) is 3.09. The molecule has 4 aromatic rings. The monoisotopic (exact) mass is 438 g/mol. The topological polar surface area (TPSA) is 42.0 Å². The molecule has 0 aliphatic carbocycles. The van der Waals surface area contributed by atoms with Crippen LogP contribution in [0.1, 0.15) is 34.6 Å². The van der Waals surface area contributed by atoms with Crippen LogP contribution >= 0.6 is 27.3 Å². The van der Waals surface area contributed by atoms with Crippen molar-refractivity contribution in [2.75, 3.05) is 5.32 Å². The molecule has 4 rings (SSSR count). The van der Waals surface area contributed by atoms with E-state index in [1.54, 1.807) is 0 Å². The number of halogens is 1. The minimum absolute atomic E-state index is 0.0752. The molecule has 0 bridgehead atoms. The number of aromatic nitrogens is 1. The number of pyridine rings is 1. The summed E-state index contributed by atoms with van der Waals surface area (Å²) in [5.74, 6) is -0.0752. The van der Waals surface area contributed by atoms with E-state index in [0.717, 1.165) is 55.2 Å². The van der Waals surface area contributed by atoms with Crippen LogP contribution in [0.15, 0.2) is 53.0 Å². The highest BCUT2D eigenvalue weighted by molar-refractivity contribution is 9.10. The molecule has 0 radical (unpaired) electrons. The molecule has 0 unspecified atom stereocenters. The summed E-state index contributed by atoms with van der Waals surface area (Å²) in [6, 6.07) is 16.2. The zero-order chi connectivity index (χ0) is 19.0. The second kappa shape index (κ2) is 7.41. The molecule has 0 fully saturated rings. The van der Waals surface area contributed by atoms with Gasteiger partial charge in [-0.2, -0.15) is 0 Å². The number of aryl methyl sites for hydroxylation is 2. The smallest absolute Gasteiger partial charge is 0.265 e. The lowest BCUT2D eigenvalue weighted by molar-refractivity contribution is 0.103. The first kappa shape index (κ1) is 18.1. The van der Waals surface area contributed by atoms with Gasteiger partial charge in [0.2, 0.25) is 0 Å². The SMILES string of the molecule is CCc1cc(Br)cc(CC)c1NC(=O)c1cc2cc3ccccc3nc2s1. The standard InChI is InChI=1S/C22H19BrN2OS/c1-3-13-10-17(23)11-14(4-2)20(13)25-21(26)19-12-16-9-15-7-5-6-8-18(15)24-22(16)27-19/h5-12H,3-4H2,1-2H3,(H,25,26). The highest BCUT2D eigenvalue weighted by Gasteiger charge is 2.16. The lowest BCUT2D eigenvalue weighted by atomic mass is 10.0. The molecule has 1 amide bonds. The normalized spacial score (nSPS) is 11.2. The second-order valence-corrected chi connectivity index (χ2v) is 8.39. The van der Waals surface area contributed by atoms with Gasteiger partial charge in [0.1, 0.15) is 4.83 Å². The van der Waals surface area contributed by atoms with Crippen LogP contribution in [0.25, 0.3) is 21.1 Å². The van der Waals surface area contributed by atoms with E-state index >= 15 is 0 Å². The number of anilines is 1. The van der Waals surface area contributed by atoms with Gasteiger partial charge in [-0.25, -0.2) is 4.98 Å². The second-order valence-electron chi connectivity index (χ2n) is 6.45. The molecule has 0 saturated heterocycles. The van der Waals surface area contributed by atoms with Gasteiger partial charge in [-0.15, -0.1) is 11.3 Å². The summed E-state index contributed by atoms with van der Waals surface area (Å²) in [5.41, 5.74) is 4.16. The molecule has 5 heteroatoms. The largest absolute Gasteiger partial charge is 0.321 e. The molecule has 2 aromatic heterocycles. The quantitative estimate of drug-likeness (QED) is 0.390. The molecule has 0 aliphatic heterocycles. The van der Waals surface area contributed by atoms with Crippen molar-refractivity contribution in [3.63, 3.8) is 0 Å². The molecule has 0 spiro atoms. The highest BCUT2D eigenvalue weighted by atomic mass is 79.9. The van der Waals surface area contributed by atoms with Gasteiger partial charge < -0.3 is 5.32 Å². The van der Waals surface area contributed by atoms with E-state index in [1.165, 1.54) is 11.3 Å². The first-order valence-electron chi connectivity index (χ1n) is 9.01. The third-order valence-electron chi connectivity index (χ3n) is 4.70. The Labute approximate surface area is 170 Å². The number of thiophene rings is 1. The van der Waals surface area contributed by atoms with Crippen molar-refractivity contribution in [2.24, 2.45) is 0 Å². The fourth-order valence-electron chi connectivity index (χ4n) is 3.31. The summed E-state index contributed by atoms with van der Waals surface area (Å²) in [6.45, 7) is 4.21. The predicted molar refractivity (Wildman–Crippen MR) is 118 cm³/mol. The Morgan fingerprint density at radius 1 is 1.04 bits per heavy atom. The fourth-order valence-corrected chi connectivity index (χ4v) is 4.78. The summed E-state index contributed by atoms with van der Waals surface area (Å²) in [7, 11) is 0. The highest BCUT2D eigenvalue weighted by Crippen LogP contribution is 2.31. The number of hydrogen-bond donors (Lipinski definition) is 1. The van der Waals surface area contributed by atoms with Crippen molar-refractivity contribution in [1.29, 1.82) is 0 Å². The summed E-state index contributed by atoms with van der Waals surface area (Å²) in [4.78, 5) is 19.2. The molecule has 136 valence electrons. The van der Waals surface area contributed by atoms with Crippen molar-refractivity contribution in [1.82, 2.24) is 4.98 Å². The van der Waals surface area contributed by atoms with Crippen molar-refractivity contribution >= 4 is 60.0 Å². The molecule has 3 nitrogen and oxygen atoms in total. The molecular weight excluding hydrogens is 420 g/mol. The van der Waals surface area contributed by atoms with Gasteiger partial charge in [0.25, 0.3) is 5.91 Å². The molecule has 1 N–H and O–H groups in total. The molecule has 0 atom stereocenters. The molecular formula is C22H19BrN2OS. The average molecular weight is 439 g/mol. The zero-order valence-electron chi connectivity index (χ0n) is 15.2. The van der Waals surface area contributed by atoms with Crippen molar-refractivity contribution in [3.05, 3.63) is 69.0 Å². The van der Waals surface area contributed by atoms with Crippen LogP contribution in [0.3, 0.4) is 0 Å². The molecule has 0 saturated carbocycles. The van der Waals surface area contributed by atoms with Gasteiger partial charge in [0.15, 0.2) is 0 Å². The summed E-state index contributed by atoms with van der Waals surface area (Å²) < 4.78 is 1.05. The Morgan fingerprint density at radius 3 is 2.44 bits per heavy atom. The third kappa shape index (κ3) is 3.49. The van der Waals surface area contributed by atoms with E-state index in [1.807, 2.05) is 30.3 Å². The van der Waals surface area contributed by atoms with Crippen LogP contribution in [0.4, 0.5) is 5.69 Å². The number of nitrogens with one attached hydrogen (secondary N) is 1. The molecule has 2 aromatic carbocycles. The Kier molecular flexibility index (Phi) is 4.98. The Hall–Kier alpha value is -2.24. The van der Waals surface area contributed by atoms with Crippen molar-refractivity contribution in [3.8, 4) is 0 Å². The Balaban J connectivity index is 1.72. The van der Waals surface area contributed by atoms with Crippen LogP contribution in [-0.4, -0.2) is 10.9 Å². The number of hydrogen-bond acceptors (Lipinski definition) is 3. The number of nitrogens with zero attached hydrogens (tertiary/aromatic N) is 1. The zero-order valence-corrected chi connectivity index (χ0v) is 17.6. The molecule has 27 heavy (non-hydrogen) atoms. The number of carbonyl (C=O) groups excluding carboxylic acids is 1. The number of fused-ring (bicyclic) bond motifs is 2. The van der Waals surface area contributed by atoms with Gasteiger partial charge in [0, 0.05) is 20.9 Å². The van der Waals surface area contributed by atoms with Crippen molar-refractivity contribution in [2.45, 2.75) is 26.7 Å². The van der Waals surface area contributed by atoms with Gasteiger partial charge >= 0.3 is 0 Å². The van der Waals surface area contributed by atoms with E-state index in [-0.39, 0.29) is 5.91 Å². The van der Waals surface area contributed by atoms with Crippen LogP contribution in [0.2, 0.25) is 0 Å². The fraction of sp³-hybridized carbons (Fsp3) is 0.182. The van der Waals surface area contributed by atoms with E-state index < -0.39 is 0 Å². The molecule has 2 heterocycles. The van der Waals surface area contributed by atoms with Crippen molar-refractivity contribution < 1.29 is 4.79 Å². The minimum atomic E-state index is -0.0752. The van der Waals surface area contributed by atoms with Gasteiger partial charge in [-0.3, -0.25) is 4.79 Å². The lowest BCUT2D eigenvalue weighted by Crippen LogP contribution is -2.13. The van der Waals surface area contributed by atoms with E-state index in [0.29, 0.717) is 4.88 Å². The summed E-state index contributed by atoms with van der Waals surface area (Å²) in [6.07, 6.45) is 1.73. The number of benzene rings is 2. The first-order chi connectivity index (χ1) is 13.1. The number of amides is 1. The lowest BCUT2D eigenvalue weighted by Gasteiger charge is -2.15. The number of carbonyl (C=O) groups is 1. The van der Waals surface area contributed by atoms with Gasteiger partial charge in [-0.05, 0) is 54.3 Å². The van der Waals surface area contributed by atoms with E-state index in [9.17, 15) is 4.79 Å². The van der Waals surface area contributed by atoms with Crippen LogP contribution in [0, 0.1) is 0 Å². The maximum atomic E-state index is 13.0. The van der Waals surface area contributed by atoms with E-state index in [2.05, 4.69) is 53.3 Å². The summed E-state index contributed by atoms with van der Waals surface area (Å²) >= 11 is 5.00. The third-order valence-corrected chi connectivity index (χ3v) is 6.20. The minimum Gasteiger partial charge on any atom is -0.321 e. The van der Waals surface area contributed by atoms with Gasteiger partial charge in [0.05, 0.1) is 10.4 Å². The predicted octanol–water partition coefficient (Wildman–Crippen LogP) is 6.59. The van der Waals surface area contributed by atoms with Gasteiger partial charge in [-0.1, -0.05) is 48.0 Å². The molecule has 0 aliphatic rings. The number of para-hydroxylation sites is 1. The van der Waals surface area contributed by atoms with Crippen LogP contribution in [0.5, 0.6) is 0 Å². The number of rotatable bonds is 4. The van der Waals surface area contributed by atoms with E-state index in [4.69, 9.17) is 4.98 Å². The van der Waals surface area contributed by atoms with Crippen LogP contribution in [-0.2, 0) is 12.8 Å².